The highest BCUT2D eigenvalue weighted by Crippen LogP contribution is 2.25. The SMILES string of the molecule is Nc1nonc1C(=O)Nc1cc([N+](=O)[O-])c(F)cc1F. The molecule has 0 fully saturated rings. The minimum Gasteiger partial charge on any atom is -0.379 e. The first-order valence-electron chi connectivity index (χ1n) is 4.93. The number of nitro benzene ring substituents is 1. The summed E-state index contributed by atoms with van der Waals surface area (Å²) in [4.78, 5) is 21.1. The molecule has 1 amide bonds. The van der Waals surface area contributed by atoms with E-state index in [0.29, 0.717) is 6.07 Å². The van der Waals surface area contributed by atoms with Gasteiger partial charge in [-0.3, -0.25) is 14.9 Å². The summed E-state index contributed by atoms with van der Waals surface area (Å²) in [6.45, 7) is 0. The van der Waals surface area contributed by atoms with Gasteiger partial charge in [0.25, 0.3) is 5.91 Å². The van der Waals surface area contributed by atoms with E-state index in [1.54, 1.807) is 0 Å². The van der Waals surface area contributed by atoms with Crippen LogP contribution in [-0.2, 0) is 0 Å². The van der Waals surface area contributed by atoms with Gasteiger partial charge in [0.15, 0.2) is 0 Å². The Morgan fingerprint density at radius 1 is 1.35 bits per heavy atom. The Hall–Kier alpha value is -3.11. The molecule has 0 bridgehead atoms. The van der Waals surface area contributed by atoms with Crippen LogP contribution in [0.4, 0.5) is 26.0 Å². The van der Waals surface area contributed by atoms with E-state index in [4.69, 9.17) is 5.73 Å². The van der Waals surface area contributed by atoms with Gasteiger partial charge in [0.2, 0.25) is 17.3 Å². The smallest absolute Gasteiger partial charge is 0.307 e. The Morgan fingerprint density at radius 3 is 2.60 bits per heavy atom. The minimum absolute atomic E-state index is 0.276. The maximum atomic E-state index is 13.4. The summed E-state index contributed by atoms with van der Waals surface area (Å²) in [7, 11) is 0. The number of halogens is 2. The largest absolute Gasteiger partial charge is 0.379 e. The van der Waals surface area contributed by atoms with Crippen LogP contribution in [0.5, 0.6) is 0 Å². The quantitative estimate of drug-likeness (QED) is 0.635. The number of aromatic nitrogens is 2. The average Bonchev–Trinajstić information content (AvgIpc) is 2.78. The van der Waals surface area contributed by atoms with Gasteiger partial charge in [-0.05, 0) is 10.3 Å². The second kappa shape index (κ2) is 4.87. The van der Waals surface area contributed by atoms with Gasteiger partial charge in [-0.1, -0.05) is 0 Å². The zero-order valence-electron chi connectivity index (χ0n) is 9.46. The molecular formula is C9H5F2N5O4. The van der Waals surface area contributed by atoms with Crippen LogP contribution in [0.15, 0.2) is 16.8 Å². The first-order valence-corrected chi connectivity index (χ1v) is 4.93. The number of nitrogens with two attached hydrogens (primary N) is 1. The predicted octanol–water partition coefficient (Wildman–Crippen LogP) is 1.09. The Balaban J connectivity index is 2.34. The van der Waals surface area contributed by atoms with Crippen LogP contribution in [0.25, 0.3) is 0 Å². The van der Waals surface area contributed by atoms with Crippen LogP contribution in [0.3, 0.4) is 0 Å². The lowest BCUT2D eigenvalue weighted by molar-refractivity contribution is -0.387. The number of rotatable bonds is 3. The van der Waals surface area contributed by atoms with Crippen molar-refractivity contribution < 1.29 is 23.1 Å². The van der Waals surface area contributed by atoms with Crippen molar-refractivity contribution in [3.8, 4) is 0 Å². The van der Waals surface area contributed by atoms with E-state index in [0.717, 1.165) is 0 Å². The molecule has 0 saturated heterocycles. The molecule has 11 heteroatoms. The van der Waals surface area contributed by atoms with E-state index in [2.05, 4.69) is 14.9 Å². The van der Waals surface area contributed by atoms with Crippen molar-refractivity contribution in [1.29, 1.82) is 0 Å². The Morgan fingerprint density at radius 2 is 2.05 bits per heavy atom. The molecule has 0 saturated carbocycles. The van der Waals surface area contributed by atoms with E-state index in [9.17, 15) is 23.7 Å². The van der Waals surface area contributed by atoms with Crippen molar-refractivity contribution in [3.05, 3.63) is 39.6 Å². The van der Waals surface area contributed by atoms with Crippen LogP contribution < -0.4 is 11.1 Å². The van der Waals surface area contributed by atoms with Gasteiger partial charge in [-0.25, -0.2) is 9.02 Å². The summed E-state index contributed by atoms with van der Waals surface area (Å²) in [6.07, 6.45) is 0. The third-order valence-corrected chi connectivity index (χ3v) is 2.21. The Labute approximate surface area is 108 Å². The van der Waals surface area contributed by atoms with Gasteiger partial charge in [0.1, 0.15) is 5.82 Å². The second-order valence-corrected chi connectivity index (χ2v) is 3.49. The molecule has 0 aliphatic carbocycles. The van der Waals surface area contributed by atoms with Gasteiger partial charge >= 0.3 is 5.69 Å². The van der Waals surface area contributed by atoms with Gasteiger partial charge in [0.05, 0.1) is 10.6 Å². The molecule has 2 aromatic rings. The third-order valence-electron chi connectivity index (χ3n) is 2.21. The molecule has 0 atom stereocenters. The molecule has 0 radical (unpaired) electrons. The summed E-state index contributed by atoms with van der Waals surface area (Å²) in [5, 5.41) is 18.8. The van der Waals surface area contributed by atoms with E-state index in [1.165, 1.54) is 0 Å². The van der Waals surface area contributed by atoms with E-state index < -0.39 is 39.5 Å². The zero-order chi connectivity index (χ0) is 14.9. The number of nitrogens with zero attached hydrogens (tertiary/aromatic N) is 3. The molecule has 1 aromatic heterocycles. The summed E-state index contributed by atoms with van der Waals surface area (Å²) in [6, 6.07) is 0.810. The number of hydrogen-bond donors (Lipinski definition) is 2. The van der Waals surface area contributed by atoms with Crippen molar-refractivity contribution in [2.24, 2.45) is 0 Å². The fraction of sp³-hybridized carbons (Fsp3) is 0. The van der Waals surface area contributed by atoms with Gasteiger partial charge in [-0.2, -0.15) is 4.39 Å². The highest BCUT2D eigenvalue weighted by molar-refractivity contribution is 6.05. The molecule has 20 heavy (non-hydrogen) atoms. The molecule has 104 valence electrons. The van der Waals surface area contributed by atoms with E-state index in [-0.39, 0.29) is 11.9 Å². The topological polar surface area (TPSA) is 137 Å². The number of benzene rings is 1. The lowest BCUT2D eigenvalue weighted by Crippen LogP contribution is -2.15. The van der Waals surface area contributed by atoms with Crippen molar-refractivity contribution in [1.82, 2.24) is 10.3 Å². The van der Waals surface area contributed by atoms with Crippen molar-refractivity contribution in [2.75, 3.05) is 11.1 Å². The van der Waals surface area contributed by atoms with Gasteiger partial charge in [-0.15, -0.1) is 0 Å². The first-order chi connectivity index (χ1) is 9.40. The Bertz CT molecular complexity index is 702. The van der Waals surface area contributed by atoms with Crippen molar-refractivity contribution in [2.45, 2.75) is 0 Å². The maximum absolute atomic E-state index is 13.4. The molecule has 1 aromatic carbocycles. The number of anilines is 2. The summed E-state index contributed by atoms with van der Waals surface area (Å²) < 4.78 is 30.7. The lowest BCUT2D eigenvalue weighted by Gasteiger charge is -2.05. The lowest BCUT2D eigenvalue weighted by atomic mass is 10.2. The fourth-order valence-corrected chi connectivity index (χ4v) is 1.31. The number of nitrogens with one attached hydrogen (secondary N) is 1. The third kappa shape index (κ3) is 2.36. The first kappa shape index (κ1) is 13.3. The monoisotopic (exact) mass is 285 g/mol. The molecule has 0 spiro atoms. The zero-order valence-corrected chi connectivity index (χ0v) is 9.46. The van der Waals surface area contributed by atoms with Crippen LogP contribution in [0.2, 0.25) is 0 Å². The number of nitrogen functional groups attached to an aromatic ring is 1. The predicted molar refractivity (Wildman–Crippen MR) is 59.7 cm³/mol. The molecule has 2 rings (SSSR count). The molecule has 0 unspecified atom stereocenters. The highest BCUT2D eigenvalue weighted by atomic mass is 19.1. The number of carbonyl (C=O) groups excluding carboxylic acids is 1. The van der Waals surface area contributed by atoms with Crippen LogP contribution in [0, 0.1) is 21.7 Å². The van der Waals surface area contributed by atoms with Gasteiger partial charge < -0.3 is 11.1 Å². The summed E-state index contributed by atoms with van der Waals surface area (Å²) in [5.41, 5.74) is 3.21. The van der Waals surface area contributed by atoms with Crippen LogP contribution in [0.1, 0.15) is 10.5 Å². The van der Waals surface area contributed by atoms with Crippen molar-refractivity contribution in [3.63, 3.8) is 0 Å². The second-order valence-electron chi connectivity index (χ2n) is 3.49. The molecule has 0 aliphatic heterocycles. The van der Waals surface area contributed by atoms with Crippen LogP contribution >= 0.6 is 0 Å². The van der Waals surface area contributed by atoms with E-state index in [1.807, 2.05) is 5.32 Å². The summed E-state index contributed by atoms with van der Waals surface area (Å²) in [5.74, 6) is -3.92. The number of carbonyl (C=O) groups is 1. The fourth-order valence-electron chi connectivity index (χ4n) is 1.31. The molecular weight excluding hydrogens is 280 g/mol. The summed E-state index contributed by atoms with van der Waals surface area (Å²) >= 11 is 0. The maximum Gasteiger partial charge on any atom is 0.307 e. The number of nitro groups is 1. The number of amides is 1. The van der Waals surface area contributed by atoms with Crippen LogP contribution in [-0.4, -0.2) is 21.1 Å². The Kier molecular flexibility index (Phi) is 3.25. The van der Waals surface area contributed by atoms with Gasteiger partial charge in [0, 0.05) is 12.1 Å². The number of hydrogen-bond acceptors (Lipinski definition) is 7. The minimum atomic E-state index is -1.37. The van der Waals surface area contributed by atoms with Crippen molar-refractivity contribution >= 4 is 23.1 Å². The highest BCUT2D eigenvalue weighted by Gasteiger charge is 2.22. The molecule has 1 heterocycles. The molecule has 9 nitrogen and oxygen atoms in total. The normalized spacial score (nSPS) is 10.3. The van der Waals surface area contributed by atoms with E-state index >= 15 is 0 Å². The standard InChI is InChI=1S/C9H5F2N5O4/c10-3-1-4(11)6(16(18)19)2-5(3)13-9(17)7-8(12)15-20-14-7/h1-2H,(H2,12,15)(H,13,17). The molecule has 0 aliphatic rings. The average molecular weight is 285 g/mol. The molecule has 3 N–H and O–H groups in total.